The average Bonchev–Trinajstić information content (AvgIpc) is 2.97. The van der Waals surface area contributed by atoms with E-state index >= 15 is 0 Å². The Hall–Kier alpha value is -1.98. The van der Waals surface area contributed by atoms with Crippen molar-refractivity contribution in [3.8, 4) is 0 Å². The van der Waals surface area contributed by atoms with Gasteiger partial charge in [0.15, 0.2) is 0 Å². The van der Waals surface area contributed by atoms with Gasteiger partial charge in [0, 0.05) is 32.1 Å². The first-order chi connectivity index (χ1) is 11.5. The zero-order valence-corrected chi connectivity index (χ0v) is 13.6. The van der Waals surface area contributed by atoms with E-state index in [1.54, 1.807) is 9.80 Å². The van der Waals surface area contributed by atoms with Gasteiger partial charge in [-0.15, -0.1) is 0 Å². The summed E-state index contributed by atoms with van der Waals surface area (Å²) in [6.45, 7) is 2.03. The molecule has 0 radical (unpaired) electrons. The summed E-state index contributed by atoms with van der Waals surface area (Å²) in [7, 11) is 0. The minimum Gasteiger partial charge on any atom is -0.341 e. The summed E-state index contributed by atoms with van der Waals surface area (Å²) in [6, 6.07) is 3.56. The molecular formula is C18H22F2N2O2. The quantitative estimate of drug-likeness (QED) is 0.847. The highest BCUT2D eigenvalue weighted by Crippen LogP contribution is 2.22. The number of amides is 2. The Morgan fingerprint density at radius 1 is 1.12 bits per heavy atom. The van der Waals surface area contributed by atoms with Crippen molar-refractivity contribution >= 4 is 11.8 Å². The fourth-order valence-corrected chi connectivity index (χ4v) is 3.58. The molecule has 2 saturated heterocycles. The zero-order valence-electron chi connectivity index (χ0n) is 13.6. The molecule has 3 rings (SSSR count). The number of nitrogens with zero attached hydrogens (tertiary/aromatic N) is 2. The first kappa shape index (κ1) is 16.9. The number of carbonyl (C=O) groups is 2. The molecule has 0 N–H and O–H groups in total. The number of rotatable bonds is 4. The van der Waals surface area contributed by atoms with E-state index in [0.29, 0.717) is 38.0 Å². The van der Waals surface area contributed by atoms with Crippen molar-refractivity contribution in [2.45, 2.75) is 32.1 Å². The molecule has 130 valence electrons. The van der Waals surface area contributed by atoms with E-state index in [4.69, 9.17) is 0 Å². The van der Waals surface area contributed by atoms with Crippen LogP contribution in [0.4, 0.5) is 8.78 Å². The number of halogens is 2. The molecule has 2 fully saturated rings. The fraction of sp³-hybridized carbons (Fsp3) is 0.556. The van der Waals surface area contributed by atoms with Crippen LogP contribution >= 0.6 is 0 Å². The van der Waals surface area contributed by atoms with Crippen LogP contribution < -0.4 is 0 Å². The van der Waals surface area contributed by atoms with Crippen LogP contribution in [-0.4, -0.2) is 47.8 Å². The molecule has 0 bridgehead atoms. The van der Waals surface area contributed by atoms with E-state index in [1.807, 2.05) is 0 Å². The van der Waals surface area contributed by atoms with E-state index in [0.717, 1.165) is 25.3 Å². The molecule has 1 unspecified atom stereocenters. The van der Waals surface area contributed by atoms with Crippen molar-refractivity contribution < 1.29 is 18.4 Å². The summed E-state index contributed by atoms with van der Waals surface area (Å²) in [4.78, 5) is 27.6. The van der Waals surface area contributed by atoms with Gasteiger partial charge in [-0.3, -0.25) is 9.59 Å². The summed E-state index contributed by atoms with van der Waals surface area (Å²) in [5.41, 5.74) is 0.623. The summed E-state index contributed by atoms with van der Waals surface area (Å²) in [6.07, 6.45) is 3.76. The largest absolute Gasteiger partial charge is 0.341 e. The molecule has 0 saturated carbocycles. The molecular weight excluding hydrogens is 314 g/mol. The normalized spacial score (nSPS) is 21.4. The SMILES string of the molecule is O=C1CCCCN1CC(=O)N1CCC(Cc2cc(F)cc(F)c2)C1. The number of hydrogen-bond acceptors (Lipinski definition) is 2. The zero-order chi connectivity index (χ0) is 17.1. The Kier molecular flexibility index (Phi) is 5.11. The van der Waals surface area contributed by atoms with Gasteiger partial charge in [0.05, 0.1) is 6.54 Å². The lowest BCUT2D eigenvalue weighted by molar-refractivity contribution is -0.141. The number of benzene rings is 1. The van der Waals surface area contributed by atoms with Crippen LogP contribution in [0.25, 0.3) is 0 Å². The molecule has 0 aromatic heterocycles. The van der Waals surface area contributed by atoms with Crippen molar-refractivity contribution in [2.75, 3.05) is 26.2 Å². The summed E-state index contributed by atoms with van der Waals surface area (Å²) < 4.78 is 26.5. The van der Waals surface area contributed by atoms with Gasteiger partial charge in [-0.05, 0) is 49.3 Å². The standard InChI is InChI=1S/C18H22F2N2O2/c19-15-8-14(9-16(20)10-15)7-13-4-6-22(11-13)18(24)12-21-5-2-1-3-17(21)23/h8-10,13H,1-7,11-12H2. The van der Waals surface area contributed by atoms with Crippen LogP contribution in [-0.2, 0) is 16.0 Å². The third-order valence-corrected chi connectivity index (χ3v) is 4.83. The van der Waals surface area contributed by atoms with E-state index in [9.17, 15) is 18.4 Å². The van der Waals surface area contributed by atoms with Crippen molar-refractivity contribution in [1.29, 1.82) is 0 Å². The molecule has 2 aliphatic rings. The maximum absolute atomic E-state index is 13.3. The van der Waals surface area contributed by atoms with Crippen molar-refractivity contribution in [1.82, 2.24) is 9.80 Å². The second-order valence-electron chi connectivity index (χ2n) is 6.75. The highest BCUT2D eigenvalue weighted by molar-refractivity contribution is 5.85. The van der Waals surface area contributed by atoms with Crippen molar-refractivity contribution in [3.63, 3.8) is 0 Å². The Morgan fingerprint density at radius 3 is 2.58 bits per heavy atom. The summed E-state index contributed by atoms with van der Waals surface area (Å²) >= 11 is 0. The van der Waals surface area contributed by atoms with Gasteiger partial charge in [-0.25, -0.2) is 8.78 Å². The minimum atomic E-state index is -0.570. The average molecular weight is 336 g/mol. The molecule has 1 aromatic rings. The number of likely N-dealkylation sites (tertiary alicyclic amines) is 2. The molecule has 2 heterocycles. The first-order valence-corrected chi connectivity index (χ1v) is 8.52. The smallest absolute Gasteiger partial charge is 0.242 e. The Labute approximate surface area is 140 Å². The molecule has 4 nitrogen and oxygen atoms in total. The molecule has 0 aliphatic carbocycles. The molecule has 1 atom stereocenters. The predicted octanol–water partition coefficient (Wildman–Crippen LogP) is 2.37. The van der Waals surface area contributed by atoms with E-state index in [-0.39, 0.29) is 24.3 Å². The Morgan fingerprint density at radius 2 is 1.88 bits per heavy atom. The third kappa shape index (κ3) is 4.10. The molecule has 1 aromatic carbocycles. The van der Waals surface area contributed by atoms with Gasteiger partial charge in [0.25, 0.3) is 0 Å². The van der Waals surface area contributed by atoms with Crippen LogP contribution in [0.15, 0.2) is 18.2 Å². The lowest BCUT2D eigenvalue weighted by atomic mass is 9.98. The van der Waals surface area contributed by atoms with Crippen LogP contribution in [0.2, 0.25) is 0 Å². The summed E-state index contributed by atoms with van der Waals surface area (Å²) in [5.74, 6) is -0.912. The molecule has 0 spiro atoms. The lowest BCUT2D eigenvalue weighted by Gasteiger charge is -2.28. The lowest BCUT2D eigenvalue weighted by Crippen LogP contribution is -2.44. The Bertz CT molecular complexity index is 615. The maximum atomic E-state index is 13.3. The number of carbonyl (C=O) groups excluding carboxylic acids is 2. The van der Waals surface area contributed by atoms with Gasteiger partial charge >= 0.3 is 0 Å². The highest BCUT2D eigenvalue weighted by atomic mass is 19.1. The molecule has 6 heteroatoms. The van der Waals surface area contributed by atoms with Crippen LogP contribution in [0.1, 0.15) is 31.2 Å². The highest BCUT2D eigenvalue weighted by Gasteiger charge is 2.29. The molecule has 24 heavy (non-hydrogen) atoms. The monoisotopic (exact) mass is 336 g/mol. The van der Waals surface area contributed by atoms with Gasteiger partial charge < -0.3 is 9.80 Å². The maximum Gasteiger partial charge on any atom is 0.242 e. The van der Waals surface area contributed by atoms with Gasteiger partial charge in [-0.2, -0.15) is 0 Å². The van der Waals surface area contributed by atoms with Crippen LogP contribution in [0.3, 0.4) is 0 Å². The molecule has 2 amide bonds. The van der Waals surface area contributed by atoms with Crippen LogP contribution in [0, 0.1) is 17.6 Å². The number of piperidine rings is 1. The summed E-state index contributed by atoms with van der Waals surface area (Å²) in [5, 5.41) is 0. The van der Waals surface area contributed by atoms with Gasteiger partial charge in [0.2, 0.25) is 11.8 Å². The molecule has 2 aliphatic heterocycles. The predicted molar refractivity (Wildman–Crippen MR) is 85.2 cm³/mol. The van der Waals surface area contributed by atoms with Gasteiger partial charge in [0.1, 0.15) is 11.6 Å². The third-order valence-electron chi connectivity index (χ3n) is 4.83. The first-order valence-electron chi connectivity index (χ1n) is 8.52. The van der Waals surface area contributed by atoms with E-state index in [1.165, 1.54) is 12.1 Å². The second-order valence-corrected chi connectivity index (χ2v) is 6.75. The minimum absolute atomic E-state index is 0.0295. The van der Waals surface area contributed by atoms with E-state index in [2.05, 4.69) is 0 Å². The fourth-order valence-electron chi connectivity index (χ4n) is 3.58. The Balaban J connectivity index is 1.52. The number of hydrogen-bond donors (Lipinski definition) is 0. The van der Waals surface area contributed by atoms with E-state index < -0.39 is 11.6 Å². The van der Waals surface area contributed by atoms with Crippen LogP contribution in [0.5, 0.6) is 0 Å². The van der Waals surface area contributed by atoms with Gasteiger partial charge in [-0.1, -0.05) is 0 Å². The van der Waals surface area contributed by atoms with Crippen molar-refractivity contribution in [2.24, 2.45) is 5.92 Å². The second kappa shape index (κ2) is 7.28. The van der Waals surface area contributed by atoms with Crippen molar-refractivity contribution in [3.05, 3.63) is 35.4 Å². The topological polar surface area (TPSA) is 40.6 Å².